The van der Waals surface area contributed by atoms with Gasteiger partial charge in [-0.1, -0.05) is 0 Å². The Morgan fingerprint density at radius 3 is 1.92 bits per heavy atom. The van der Waals surface area contributed by atoms with Crippen LogP contribution in [0.3, 0.4) is 0 Å². The summed E-state index contributed by atoms with van der Waals surface area (Å²) >= 11 is 0. The quantitative estimate of drug-likeness (QED) is 0.672. The first-order chi connectivity index (χ1) is 11.5. The predicted octanol–water partition coefficient (Wildman–Crippen LogP) is -1.38. The van der Waals surface area contributed by atoms with E-state index in [4.69, 9.17) is 0 Å². The monoisotopic (exact) mass is 359 g/mol. The summed E-state index contributed by atoms with van der Waals surface area (Å²) in [5, 5.41) is 3.27. The van der Waals surface area contributed by atoms with Crippen molar-refractivity contribution < 1.29 is 13.2 Å². The highest BCUT2D eigenvalue weighted by Gasteiger charge is 2.35. The lowest BCUT2D eigenvalue weighted by Gasteiger charge is -2.40. The Morgan fingerprint density at radius 2 is 1.38 bits per heavy atom. The fourth-order valence-corrected chi connectivity index (χ4v) is 5.22. The minimum absolute atomic E-state index is 0.104. The van der Waals surface area contributed by atoms with Crippen LogP contribution in [0.2, 0.25) is 0 Å². The molecule has 0 spiro atoms. The van der Waals surface area contributed by atoms with Crippen LogP contribution in [0, 0.1) is 5.92 Å². The lowest BCUT2D eigenvalue weighted by atomic mass is 9.96. The van der Waals surface area contributed by atoms with Gasteiger partial charge in [0.25, 0.3) is 10.2 Å². The highest BCUT2D eigenvalue weighted by Crippen LogP contribution is 2.19. The molecule has 24 heavy (non-hydrogen) atoms. The van der Waals surface area contributed by atoms with Gasteiger partial charge in [-0.2, -0.15) is 17.0 Å². The molecule has 0 radical (unpaired) electrons. The third-order valence-electron chi connectivity index (χ3n) is 5.35. The molecule has 3 fully saturated rings. The van der Waals surface area contributed by atoms with Gasteiger partial charge in [-0.3, -0.25) is 4.79 Å². The average molecular weight is 359 g/mol. The van der Waals surface area contributed by atoms with Crippen molar-refractivity contribution in [3.8, 4) is 0 Å². The zero-order chi connectivity index (χ0) is 17.2. The fraction of sp³-hybridized carbons (Fsp3) is 0.933. The molecule has 3 aliphatic rings. The molecule has 3 rings (SSSR count). The molecule has 3 aliphatic heterocycles. The maximum Gasteiger partial charge on any atom is 0.282 e. The van der Waals surface area contributed by atoms with Crippen LogP contribution in [-0.2, 0) is 15.0 Å². The number of rotatable bonds is 3. The first-order valence-corrected chi connectivity index (χ1v) is 10.3. The minimum Gasteiger partial charge on any atom is -0.340 e. The Morgan fingerprint density at radius 1 is 0.875 bits per heavy atom. The number of nitrogens with zero attached hydrogens (tertiary/aromatic N) is 4. The van der Waals surface area contributed by atoms with Crippen molar-refractivity contribution in [1.82, 2.24) is 23.7 Å². The van der Waals surface area contributed by atoms with Crippen LogP contribution >= 0.6 is 0 Å². The Hall–Kier alpha value is -0.740. The summed E-state index contributed by atoms with van der Waals surface area (Å²) in [7, 11) is -1.38. The molecule has 3 heterocycles. The van der Waals surface area contributed by atoms with Crippen LogP contribution < -0.4 is 5.32 Å². The van der Waals surface area contributed by atoms with Crippen LogP contribution in [0.4, 0.5) is 0 Å². The molecule has 1 N–H and O–H groups in total. The number of carbonyl (C=O) groups excluding carboxylic acids is 1. The van der Waals surface area contributed by atoms with Gasteiger partial charge >= 0.3 is 0 Å². The van der Waals surface area contributed by atoms with Gasteiger partial charge in [0.2, 0.25) is 5.91 Å². The number of amides is 1. The van der Waals surface area contributed by atoms with Gasteiger partial charge in [0.15, 0.2) is 0 Å². The van der Waals surface area contributed by atoms with Gasteiger partial charge in [-0.05, 0) is 33.0 Å². The van der Waals surface area contributed by atoms with Crippen molar-refractivity contribution in [2.24, 2.45) is 5.92 Å². The molecule has 3 saturated heterocycles. The van der Waals surface area contributed by atoms with Gasteiger partial charge in [0.1, 0.15) is 0 Å². The zero-order valence-corrected chi connectivity index (χ0v) is 15.3. The van der Waals surface area contributed by atoms with Gasteiger partial charge < -0.3 is 15.1 Å². The first-order valence-electron chi connectivity index (χ1n) is 8.92. The number of carbonyl (C=O) groups is 1. The SMILES string of the molecule is CN1CCN(S(=O)(=O)N2CCN(C(=O)C3CCNCC3)CC2)CC1. The van der Waals surface area contributed by atoms with E-state index in [-0.39, 0.29) is 11.8 Å². The van der Waals surface area contributed by atoms with Crippen molar-refractivity contribution >= 4 is 16.1 Å². The number of piperazine rings is 2. The van der Waals surface area contributed by atoms with Gasteiger partial charge in [0.05, 0.1) is 0 Å². The second-order valence-electron chi connectivity index (χ2n) is 6.96. The Kier molecular flexibility index (Phi) is 5.76. The molecular formula is C15H29N5O3S. The number of likely N-dealkylation sites (N-methyl/N-ethyl adjacent to an activating group) is 1. The molecule has 0 aromatic heterocycles. The van der Waals surface area contributed by atoms with E-state index in [0.717, 1.165) is 39.0 Å². The summed E-state index contributed by atoms with van der Waals surface area (Å²) in [6, 6.07) is 0. The molecule has 0 atom stereocenters. The van der Waals surface area contributed by atoms with Crippen molar-refractivity contribution in [3.05, 3.63) is 0 Å². The van der Waals surface area contributed by atoms with E-state index in [2.05, 4.69) is 10.2 Å². The molecule has 0 saturated carbocycles. The zero-order valence-electron chi connectivity index (χ0n) is 14.5. The molecule has 9 heteroatoms. The van der Waals surface area contributed by atoms with Crippen molar-refractivity contribution in [1.29, 1.82) is 0 Å². The fourth-order valence-electron chi connectivity index (χ4n) is 3.65. The van der Waals surface area contributed by atoms with Crippen LogP contribution in [0.25, 0.3) is 0 Å². The predicted molar refractivity (Wildman–Crippen MR) is 91.7 cm³/mol. The van der Waals surface area contributed by atoms with E-state index in [1.807, 2.05) is 11.9 Å². The number of piperidine rings is 1. The maximum atomic E-state index is 12.7. The van der Waals surface area contributed by atoms with Crippen LogP contribution in [0.1, 0.15) is 12.8 Å². The summed E-state index contributed by atoms with van der Waals surface area (Å²) < 4.78 is 28.6. The number of hydrogen-bond acceptors (Lipinski definition) is 5. The highest BCUT2D eigenvalue weighted by atomic mass is 32.2. The van der Waals surface area contributed by atoms with E-state index >= 15 is 0 Å². The normalized spacial score (nSPS) is 26.6. The molecule has 0 aromatic carbocycles. The van der Waals surface area contributed by atoms with E-state index in [1.165, 1.54) is 0 Å². The van der Waals surface area contributed by atoms with Crippen molar-refractivity contribution in [3.63, 3.8) is 0 Å². The van der Waals surface area contributed by atoms with Crippen LogP contribution in [0.5, 0.6) is 0 Å². The summed E-state index contributed by atoms with van der Waals surface area (Å²) in [4.78, 5) is 16.6. The van der Waals surface area contributed by atoms with Gasteiger partial charge in [-0.15, -0.1) is 0 Å². The summed E-state index contributed by atoms with van der Waals surface area (Å²) in [5.74, 6) is 0.306. The average Bonchev–Trinajstić information content (AvgIpc) is 2.62. The molecule has 138 valence electrons. The molecule has 0 aromatic rings. The smallest absolute Gasteiger partial charge is 0.282 e. The lowest BCUT2D eigenvalue weighted by Crippen LogP contribution is -2.57. The topological polar surface area (TPSA) is 76.2 Å². The number of hydrogen-bond donors (Lipinski definition) is 1. The second kappa shape index (κ2) is 7.65. The van der Waals surface area contributed by atoms with E-state index in [0.29, 0.717) is 39.3 Å². The summed E-state index contributed by atoms with van der Waals surface area (Å²) in [5.41, 5.74) is 0. The van der Waals surface area contributed by atoms with E-state index in [1.54, 1.807) is 8.61 Å². The van der Waals surface area contributed by atoms with Crippen molar-refractivity contribution in [2.75, 3.05) is 72.5 Å². The van der Waals surface area contributed by atoms with E-state index < -0.39 is 10.2 Å². The minimum atomic E-state index is -3.39. The molecule has 0 bridgehead atoms. The Bertz CT molecular complexity index is 533. The third-order valence-corrected chi connectivity index (χ3v) is 7.39. The van der Waals surface area contributed by atoms with Gasteiger partial charge in [0, 0.05) is 58.3 Å². The van der Waals surface area contributed by atoms with Gasteiger partial charge in [-0.25, -0.2) is 0 Å². The standard InChI is InChI=1S/C15H29N5O3S/c1-17-6-10-19(11-7-17)24(22,23)20-12-8-18(9-13-20)15(21)14-2-4-16-5-3-14/h14,16H,2-13H2,1H3. The van der Waals surface area contributed by atoms with Crippen molar-refractivity contribution in [2.45, 2.75) is 12.8 Å². The van der Waals surface area contributed by atoms with Crippen LogP contribution in [0.15, 0.2) is 0 Å². The third kappa shape index (κ3) is 3.91. The molecule has 8 nitrogen and oxygen atoms in total. The molecule has 1 amide bonds. The largest absolute Gasteiger partial charge is 0.340 e. The Balaban J connectivity index is 1.53. The van der Waals surface area contributed by atoms with Crippen LogP contribution in [-0.4, -0.2) is 105 Å². The first kappa shape index (κ1) is 18.1. The second-order valence-corrected chi connectivity index (χ2v) is 8.89. The summed E-state index contributed by atoms with van der Waals surface area (Å²) in [6.07, 6.45) is 1.78. The molecule has 0 unspecified atom stereocenters. The molecule has 0 aliphatic carbocycles. The maximum absolute atomic E-state index is 12.7. The highest BCUT2D eigenvalue weighted by molar-refractivity contribution is 7.86. The number of nitrogens with one attached hydrogen (secondary N) is 1. The summed E-state index contributed by atoms with van der Waals surface area (Å²) in [6.45, 7) is 6.27. The van der Waals surface area contributed by atoms with E-state index in [9.17, 15) is 13.2 Å². The lowest BCUT2D eigenvalue weighted by molar-refractivity contribution is -0.137. The Labute approximate surface area is 144 Å². The molecular weight excluding hydrogens is 330 g/mol.